The van der Waals surface area contributed by atoms with Gasteiger partial charge in [0.1, 0.15) is 12.2 Å². The first-order chi connectivity index (χ1) is 21.1. The first-order valence-electron chi connectivity index (χ1n) is 17.9. The van der Waals surface area contributed by atoms with Crippen molar-refractivity contribution in [2.24, 2.45) is 57.2 Å². The Balaban J connectivity index is 1.37. The second kappa shape index (κ2) is 12.0. The normalized spacial score (nSPS) is 46.5. The van der Waals surface area contributed by atoms with Gasteiger partial charge < -0.3 is 34.6 Å². The van der Waals surface area contributed by atoms with E-state index in [4.69, 9.17) is 14.2 Å². The molecule has 4 N–H and O–H groups in total. The largest absolute Gasteiger partial charge is 0.459 e. The summed E-state index contributed by atoms with van der Waals surface area (Å²) in [4.78, 5) is 25.0. The molecule has 1 heterocycles. The molecule has 0 aromatic heterocycles. The van der Waals surface area contributed by atoms with Gasteiger partial charge in [-0.3, -0.25) is 4.79 Å². The number of fused-ring (bicyclic) bond motifs is 5. The number of hydrogen-bond acceptors (Lipinski definition) is 9. The van der Waals surface area contributed by atoms with E-state index < -0.39 is 48.2 Å². The van der Waals surface area contributed by atoms with Crippen LogP contribution in [0.2, 0.25) is 0 Å². The SMILES string of the molecule is CC(=O)OC(C(=O)O[C@H]1CC[C@]2(C)[C@H]3CC[C@@]4(C)[C@H]([C@@H]5C[C@H]([C@@H](O)C(C)(C)O)O[C@H]5O)CC[C@]4(C)[C@@H]3[C@H](O)C[C@H]2C1(C)C)C(C)C. The fraction of sp³-hybridized carbons (Fsp3) is 0.946. The van der Waals surface area contributed by atoms with Gasteiger partial charge in [-0.2, -0.15) is 0 Å². The van der Waals surface area contributed by atoms with Crippen LogP contribution in [0.3, 0.4) is 0 Å². The Morgan fingerprint density at radius 2 is 1.52 bits per heavy atom. The quantitative estimate of drug-likeness (QED) is 0.280. The number of carbonyl (C=O) groups is 2. The van der Waals surface area contributed by atoms with Gasteiger partial charge in [0.05, 0.1) is 17.8 Å². The Labute approximate surface area is 276 Å². The minimum absolute atomic E-state index is 0.0377. The summed E-state index contributed by atoms with van der Waals surface area (Å²) in [6.45, 7) is 19.6. The highest BCUT2D eigenvalue weighted by Gasteiger charge is 2.71. The summed E-state index contributed by atoms with van der Waals surface area (Å²) in [7, 11) is 0. The van der Waals surface area contributed by atoms with Crippen LogP contribution < -0.4 is 0 Å². The lowest BCUT2D eigenvalue weighted by molar-refractivity contribution is -0.241. The molecule has 5 rings (SSSR count). The van der Waals surface area contributed by atoms with E-state index in [1.165, 1.54) is 6.92 Å². The van der Waals surface area contributed by atoms with E-state index in [2.05, 4.69) is 34.6 Å². The van der Waals surface area contributed by atoms with Gasteiger partial charge in [0.15, 0.2) is 6.29 Å². The molecule has 264 valence electrons. The van der Waals surface area contributed by atoms with Crippen LogP contribution in [0, 0.1) is 57.2 Å². The van der Waals surface area contributed by atoms with E-state index in [0.29, 0.717) is 18.8 Å². The van der Waals surface area contributed by atoms with E-state index in [1.807, 2.05) is 13.8 Å². The highest BCUT2D eigenvalue weighted by molar-refractivity contribution is 5.79. The summed E-state index contributed by atoms with van der Waals surface area (Å²) in [5.41, 5.74) is -2.00. The molecule has 14 atom stereocenters. The summed E-state index contributed by atoms with van der Waals surface area (Å²) in [5, 5.41) is 44.5. The predicted octanol–water partition coefficient (Wildman–Crippen LogP) is 5.00. The predicted molar refractivity (Wildman–Crippen MR) is 172 cm³/mol. The van der Waals surface area contributed by atoms with Gasteiger partial charge in [0, 0.05) is 24.2 Å². The van der Waals surface area contributed by atoms with Crippen LogP contribution in [0.1, 0.15) is 121 Å². The third-order valence-electron chi connectivity index (χ3n) is 14.6. The molecule has 46 heavy (non-hydrogen) atoms. The molecule has 0 aromatic rings. The lowest BCUT2D eigenvalue weighted by atomic mass is 9.37. The summed E-state index contributed by atoms with van der Waals surface area (Å²) in [6.07, 6.45) is 2.16. The molecule has 1 aliphatic heterocycles. The highest BCUT2D eigenvalue weighted by atomic mass is 16.6. The number of aliphatic hydroxyl groups is 4. The molecule has 0 aromatic carbocycles. The summed E-state index contributed by atoms with van der Waals surface area (Å²) < 4.78 is 17.4. The zero-order valence-electron chi connectivity index (χ0n) is 29.9. The van der Waals surface area contributed by atoms with E-state index in [1.54, 1.807) is 13.8 Å². The van der Waals surface area contributed by atoms with Crippen molar-refractivity contribution in [2.45, 2.75) is 163 Å². The lowest BCUT2D eigenvalue weighted by Crippen LogP contribution is -2.65. The van der Waals surface area contributed by atoms with Crippen molar-refractivity contribution < 1.29 is 44.2 Å². The maximum atomic E-state index is 13.3. The zero-order valence-corrected chi connectivity index (χ0v) is 29.9. The average Bonchev–Trinajstić information content (AvgIpc) is 3.44. The number of esters is 2. The van der Waals surface area contributed by atoms with Crippen molar-refractivity contribution in [1.29, 1.82) is 0 Å². The van der Waals surface area contributed by atoms with E-state index in [9.17, 15) is 30.0 Å². The summed E-state index contributed by atoms with van der Waals surface area (Å²) in [6, 6.07) is 0. The molecule has 4 saturated carbocycles. The third kappa shape index (κ3) is 5.56. The van der Waals surface area contributed by atoms with E-state index in [0.717, 1.165) is 38.5 Å². The van der Waals surface area contributed by atoms with Gasteiger partial charge in [-0.1, -0.05) is 48.5 Å². The van der Waals surface area contributed by atoms with Crippen LogP contribution in [0.5, 0.6) is 0 Å². The Kier molecular flexibility index (Phi) is 9.37. The molecule has 0 amide bonds. The van der Waals surface area contributed by atoms with Crippen molar-refractivity contribution in [1.82, 2.24) is 0 Å². The van der Waals surface area contributed by atoms with Crippen LogP contribution in [0.25, 0.3) is 0 Å². The smallest absolute Gasteiger partial charge is 0.348 e. The van der Waals surface area contributed by atoms with Crippen LogP contribution >= 0.6 is 0 Å². The minimum Gasteiger partial charge on any atom is -0.459 e. The van der Waals surface area contributed by atoms with Gasteiger partial charge in [0.25, 0.3) is 0 Å². The Bertz CT molecular complexity index is 1160. The molecule has 9 heteroatoms. The van der Waals surface area contributed by atoms with Crippen molar-refractivity contribution in [3.8, 4) is 0 Å². The maximum Gasteiger partial charge on any atom is 0.348 e. The van der Waals surface area contributed by atoms with Crippen LogP contribution in [0.15, 0.2) is 0 Å². The van der Waals surface area contributed by atoms with Crippen molar-refractivity contribution >= 4 is 11.9 Å². The monoisotopic (exact) mass is 650 g/mol. The maximum absolute atomic E-state index is 13.3. The summed E-state index contributed by atoms with van der Waals surface area (Å²) >= 11 is 0. The summed E-state index contributed by atoms with van der Waals surface area (Å²) in [5.74, 6) is -0.578. The second-order valence-electron chi connectivity index (χ2n) is 18.1. The standard InChI is InChI=1S/C37H62O9/c1-19(2)29(44-20(3)38)32(42)46-27-13-14-35(8)23-12-15-36(9)22(21-17-25(45-31(21)41)30(40)34(6,7)43)11-16-37(36,10)28(23)24(39)18-26(35)33(27,4)5/h19,21-31,39-41,43H,11-18H2,1-10H3/t21-,22-,23-,24+,25+,26-,27-,28-,29?,30+,31+,35+,36-,37+/m0/s1. The average molecular weight is 651 g/mol. The number of carbonyl (C=O) groups excluding carboxylic acids is 2. The Morgan fingerprint density at radius 1 is 0.913 bits per heavy atom. The Morgan fingerprint density at radius 3 is 2.11 bits per heavy atom. The molecule has 1 unspecified atom stereocenters. The van der Waals surface area contributed by atoms with Crippen LogP contribution in [-0.4, -0.2) is 74.8 Å². The van der Waals surface area contributed by atoms with Gasteiger partial charge in [-0.05, 0) is 105 Å². The van der Waals surface area contributed by atoms with Gasteiger partial charge in [0.2, 0.25) is 6.10 Å². The highest BCUT2D eigenvalue weighted by Crippen LogP contribution is 2.75. The molecule has 5 fully saturated rings. The lowest BCUT2D eigenvalue weighted by Gasteiger charge is -2.68. The van der Waals surface area contributed by atoms with Crippen molar-refractivity contribution in [2.75, 3.05) is 0 Å². The van der Waals surface area contributed by atoms with Gasteiger partial charge >= 0.3 is 11.9 Å². The number of aliphatic hydroxyl groups excluding tert-OH is 3. The molecule has 9 nitrogen and oxygen atoms in total. The van der Waals surface area contributed by atoms with Crippen molar-refractivity contribution in [3.63, 3.8) is 0 Å². The molecule has 4 aliphatic carbocycles. The zero-order chi connectivity index (χ0) is 34.4. The minimum atomic E-state index is -1.33. The van der Waals surface area contributed by atoms with E-state index >= 15 is 0 Å². The number of hydrogen-bond donors (Lipinski definition) is 4. The molecular weight excluding hydrogens is 588 g/mol. The fourth-order valence-electron chi connectivity index (χ4n) is 12.0. The topological polar surface area (TPSA) is 143 Å². The van der Waals surface area contributed by atoms with Gasteiger partial charge in [-0.25, -0.2) is 4.79 Å². The van der Waals surface area contributed by atoms with Gasteiger partial charge in [-0.15, -0.1) is 0 Å². The molecule has 5 aliphatic rings. The first-order valence-corrected chi connectivity index (χ1v) is 17.9. The fourth-order valence-corrected chi connectivity index (χ4v) is 12.0. The molecule has 0 radical (unpaired) electrons. The van der Waals surface area contributed by atoms with Crippen LogP contribution in [0.4, 0.5) is 0 Å². The Hall–Kier alpha value is -1.26. The first kappa shape index (κ1) is 36.0. The number of rotatable bonds is 7. The molecule has 0 bridgehead atoms. The second-order valence-corrected chi connectivity index (χ2v) is 18.1. The molecular formula is C37H62O9. The third-order valence-corrected chi connectivity index (χ3v) is 14.6. The van der Waals surface area contributed by atoms with Crippen molar-refractivity contribution in [3.05, 3.63) is 0 Å². The van der Waals surface area contributed by atoms with E-state index in [-0.39, 0.29) is 57.4 Å². The number of ether oxygens (including phenoxy) is 3. The molecule has 0 spiro atoms. The molecule has 1 saturated heterocycles. The van der Waals surface area contributed by atoms with Crippen LogP contribution in [-0.2, 0) is 23.8 Å².